The molecule has 1 aromatic heterocycles. The standard InChI is InChI=1S/C26H34N6O/c1-20(2)33-25-11-9-23(10-12-25)30-26(28-18-24-13-14-29-31-24)27-17-21-5-7-22(8-6-21)19-32-15-3-4-16-32/h5-14,20H,3-4,15-19H2,1-2H3,(H,29,31)(H2,27,28,30). The SMILES string of the molecule is CC(C)Oc1ccc(NC(=NCc2ccc(CN3CCCC3)cc2)NCc2ccn[nH]2)cc1. The van der Waals surface area contributed by atoms with Crippen molar-refractivity contribution in [3.8, 4) is 5.75 Å². The molecule has 33 heavy (non-hydrogen) atoms. The van der Waals surface area contributed by atoms with Gasteiger partial charge in [0, 0.05) is 18.4 Å². The summed E-state index contributed by atoms with van der Waals surface area (Å²) in [5.41, 5.74) is 4.49. The molecule has 2 heterocycles. The monoisotopic (exact) mass is 446 g/mol. The van der Waals surface area contributed by atoms with Gasteiger partial charge in [-0.15, -0.1) is 0 Å². The maximum Gasteiger partial charge on any atom is 0.196 e. The van der Waals surface area contributed by atoms with Crippen molar-refractivity contribution in [3.05, 3.63) is 77.6 Å². The van der Waals surface area contributed by atoms with Crippen molar-refractivity contribution in [2.75, 3.05) is 18.4 Å². The molecule has 1 saturated heterocycles. The van der Waals surface area contributed by atoms with Crippen LogP contribution in [0.5, 0.6) is 5.75 Å². The Balaban J connectivity index is 1.39. The van der Waals surface area contributed by atoms with E-state index in [1.54, 1.807) is 6.20 Å². The van der Waals surface area contributed by atoms with Gasteiger partial charge in [-0.1, -0.05) is 24.3 Å². The predicted molar refractivity (Wildman–Crippen MR) is 133 cm³/mol. The second kappa shape index (κ2) is 11.5. The average molecular weight is 447 g/mol. The number of hydrogen-bond donors (Lipinski definition) is 3. The fourth-order valence-corrected chi connectivity index (χ4v) is 3.85. The van der Waals surface area contributed by atoms with Gasteiger partial charge >= 0.3 is 0 Å². The first-order chi connectivity index (χ1) is 16.1. The van der Waals surface area contributed by atoms with Crippen LogP contribution in [0.1, 0.15) is 43.5 Å². The number of ether oxygens (including phenoxy) is 1. The van der Waals surface area contributed by atoms with Crippen molar-refractivity contribution in [3.63, 3.8) is 0 Å². The first kappa shape index (κ1) is 22.9. The quantitative estimate of drug-likeness (QED) is 0.332. The third kappa shape index (κ3) is 7.36. The second-order valence-corrected chi connectivity index (χ2v) is 8.72. The van der Waals surface area contributed by atoms with Gasteiger partial charge in [0.2, 0.25) is 0 Å². The Morgan fingerprint density at radius 2 is 1.76 bits per heavy atom. The largest absolute Gasteiger partial charge is 0.491 e. The van der Waals surface area contributed by atoms with Crippen LogP contribution in [0.15, 0.2) is 65.8 Å². The van der Waals surface area contributed by atoms with Gasteiger partial charge < -0.3 is 15.4 Å². The number of nitrogens with zero attached hydrogens (tertiary/aromatic N) is 3. The van der Waals surface area contributed by atoms with E-state index in [0.29, 0.717) is 19.0 Å². The zero-order valence-electron chi connectivity index (χ0n) is 19.6. The molecule has 0 unspecified atom stereocenters. The average Bonchev–Trinajstić information content (AvgIpc) is 3.52. The molecular formula is C26H34N6O. The van der Waals surface area contributed by atoms with E-state index >= 15 is 0 Å². The molecule has 0 saturated carbocycles. The van der Waals surface area contributed by atoms with Gasteiger partial charge in [-0.2, -0.15) is 5.10 Å². The van der Waals surface area contributed by atoms with E-state index in [9.17, 15) is 0 Å². The lowest BCUT2D eigenvalue weighted by atomic mass is 10.1. The lowest BCUT2D eigenvalue weighted by molar-refractivity contribution is 0.242. The molecule has 4 rings (SSSR count). The van der Waals surface area contributed by atoms with Crippen molar-refractivity contribution >= 4 is 11.6 Å². The topological polar surface area (TPSA) is 77.6 Å². The van der Waals surface area contributed by atoms with Crippen molar-refractivity contribution in [1.82, 2.24) is 20.4 Å². The Kier molecular flexibility index (Phi) is 7.98. The fraction of sp³-hybridized carbons (Fsp3) is 0.385. The maximum atomic E-state index is 5.74. The van der Waals surface area contributed by atoms with E-state index in [2.05, 4.69) is 50.0 Å². The Morgan fingerprint density at radius 3 is 2.42 bits per heavy atom. The van der Waals surface area contributed by atoms with Crippen molar-refractivity contribution in [1.29, 1.82) is 0 Å². The molecule has 0 aliphatic carbocycles. The Hall–Kier alpha value is -3.32. The Labute approximate surface area is 196 Å². The van der Waals surface area contributed by atoms with E-state index in [0.717, 1.165) is 23.7 Å². The summed E-state index contributed by atoms with van der Waals surface area (Å²) >= 11 is 0. The summed E-state index contributed by atoms with van der Waals surface area (Å²) in [6.45, 7) is 8.72. The fourth-order valence-electron chi connectivity index (χ4n) is 3.85. The minimum absolute atomic E-state index is 0.152. The van der Waals surface area contributed by atoms with Crippen LogP contribution < -0.4 is 15.4 Å². The number of H-pyrrole nitrogens is 1. The summed E-state index contributed by atoms with van der Waals surface area (Å²) in [7, 11) is 0. The van der Waals surface area contributed by atoms with E-state index < -0.39 is 0 Å². The number of benzene rings is 2. The summed E-state index contributed by atoms with van der Waals surface area (Å²) in [6.07, 6.45) is 4.54. The van der Waals surface area contributed by atoms with Crippen molar-refractivity contribution < 1.29 is 4.74 Å². The summed E-state index contributed by atoms with van der Waals surface area (Å²) in [4.78, 5) is 7.33. The maximum absolute atomic E-state index is 5.74. The van der Waals surface area contributed by atoms with E-state index in [1.807, 2.05) is 44.2 Å². The third-order valence-electron chi connectivity index (χ3n) is 5.54. The number of anilines is 1. The van der Waals surface area contributed by atoms with Crippen molar-refractivity contribution in [2.45, 2.75) is 52.4 Å². The summed E-state index contributed by atoms with van der Waals surface area (Å²) in [5, 5.41) is 13.8. The highest BCUT2D eigenvalue weighted by molar-refractivity contribution is 5.93. The van der Waals surface area contributed by atoms with Gasteiger partial charge in [0.1, 0.15) is 5.75 Å². The van der Waals surface area contributed by atoms with Gasteiger partial charge in [0.15, 0.2) is 5.96 Å². The van der Waals surface area contributed by atoms with Gasteiger partial charge in [0.05, 0.1) is 24.9 Å². The molecule has 0 radical (unpaired) electrons. The molecule has 3 aromatic rings. The first-order valence-electron chi connectivity index (χ1n) is 11.7. The van der Waals surface area contributed by atoms with Crippen LogP contribution in [0.2, 0.25) is 0 Å². The molecule has 0 bridgehead atoms. The number of likely N-dealkylation sites (tertiary alicyclic amines) is 1. The number of nitrogens with one attached hydrogen (secondary N) is 3. The summed E-state index contributed by atoms with van der Waals surface area (Å²) in [6, 6.07) is 18.7. The highest BCUT2D eigenvalue weighted by Gasteiger charge is 2.11. The lowest BCUT2D eigenvalue weighted by Gasteiger charge is -2.15. The first-order valence-corrected chi connectivity index (χ1v) is 11.7. The molecule has 0 amide bonds. The molecule has 0 atom stereocenters. The molecule has 1 aliphatic heterocycles. The predicted octanol–water partition coefficient (Wildman–Crippen LogP) is 4.55. The minimum atomic E-state index is 0.152. The number of hydrogen-bond acceptors (Lipinski definition) is 4. The summed E-state index contributed by atoms with van der Waals surface area (Å²) in [5.74, 6) is 1.57. The van der Waals surface area contributed by atoms with Crippen LogP contribution in [0.3, 0.4) is 0 Å². The normalized spacial score (nSPS) is 14.6. The number of aromatic amines is 1. The second-order valence-electron chi connectivity index (χ2n) is 8.72. The van der Waals surface area contributed by atoms with Gasteiger partial charge in [0.25, 0.3) is 0 Å². The zero-order chi connectivity index (χ0) is 22.9. The molecule has 7 heteroatoms. The molecule has 7 nitrogen and oxygen atoms in total. The van der Waals surface area contributed by atoms with E-state index in [-0.39, 0.29) is 6.10 Å². The molecule has 1 aliphatic rings. The number of guanidine groups is 1. The lowest BCUT2D eigenvalue weighted by Crippen LogP contribution is -2.30. The third-order valence-corrected chi connectivity index (χ3v) is 5.54. The highest BCUT2D eigenvalue weighted by Crippen LogP contribution is 2.17. The highest BCUT2D eigenvalue weighted by atomic mass is 16.5. The Bertz CT molecular complexity index is 990. The number of aliphatic imine (C=N–C) groups is 1. The van der Waals surface area contributed by atoms with Crippen LogP contribution in [-0.2, 0) is 19.6 Å². The van der Waals surface area contributed by atoms with Crippen LogP contribution in [0.25, 0.3) is 0 Å². The molecule has 0 spiro atoms. The molecular weight excluding hydrogens is 412 g/mol. The minimum Gasteiger partial charge on any atom is -0.491 e. The van der Waals surface area contributed by atoms with Crippen LogP contribution in [0.4, 0.5) is 5.69 Å². The zero-order valence-corrected chi connectivity index (χ0v) is 19.6. The van der Waals surface area contributed by atoms with Crippen LogP contribution >= 0.6 is 0 Å². The smallest absolute Gasteiger partial charge is 0.196 e. The molecule has 3 N–H and O–H groups in total. The van der Waals surface area contributed by atoms with Gasteiger partial charge in [-0.25, -0.2) is 4.99 Å². The van der Waals surface area contributed by atoms with Crippen LogP contribution in [-0.4, -0.2) is 40.3 Å². The van der Waals surface area contributed by atoms with E-state index in [4.69, 9.17) is 9.73 Å². The molecule has 1 fully saturated rings. The van der Waals surface area contributed by atoms with Gasteiger partial charge in [-0.3, -0.25) is 10.00 Å². The molecule has 174 valence electrons. The Morgan fingerprint density at radius 1 is 1.03 bits per heavy atom. The van der Waals surface area contributed by atoms with Crippen LogP contribution in [0, 0.1) is 0 Å². The van der Waals surface area contributed by atoms with Gasteiger partial charge in [-0.05, 0) is 81.2 Å². The summed E-state index contributed by atoms with van der Waals surface area (Å²) < 4.78 is 5.74. The number of rotatable bonds is 9. The molecule has 2 aromatic carbocycles. The van der Waals surface area contributed by atoms with Crippen molar-refractivity contribution in [2.24, 2.45) is 4.99 Å². The van der Waals surface area contributed by atoms with E-state index in [1.165, 1.54) is 37.1 Å². The number of aromatic nitrogens is 2.